The molecule has 5 nitrogen and oxygen atoms in total. The van der Waals surface area contributed by atoms with E-state index in [1.54, 1.807) is 13.8 Å². The first-order chi connectivity index (χ1) is 6.48. The Balaban J connectivity index is 2.64. The van der Waals surface area contributed by atoms with Crippen LogP contribution in [0.4, 0.5) is 4.79 Å². The molecule has 0 aliphatic carbocycles. The summed E-state index contributed by atoms with van der Waals surface area (Å²) >= 11 is 1.91. The summed E-state index contributed by atoms with van der Waals surface area (Å²) in [4.78, 5) is 22.2. The maximum atomic E-state index is 11.5. The zero-order chi connectivity index (χ0) is 10.8. The van der Waals surface area contributed by atoms with Crippen LogP contribution in [0.15, 0.2) is 0 Å². The van der Waals surface area contributed by atoms with E-state index in [9.17, 15) is 9.59 Å². The number of carbonyl (C=O) groups is 2. The van der Waals surface area contributed by atoms with Crippen molar-refractivity contribution in [1.82, 2.24) is 0 Å². The van der Waals surface area contributed by atoms with Gasteiger partial charge in [-0.1, -0.05) is 22.6 Å². The van der Waals surface area contributed by atoms with Crippen molar-refractivity contribution < 1.29 is 23.8 Å². The van der Waals surface area contributed by atoms with E-state index in [-0.39, 0.29) is 6.61 Å². The van der Waals surface area contributed by atoms with Crippen LogP contribution in [0, 0.1) is 0 Å². The van der Waals surface area contributed by atoms with Gasteiger partial charge in [0, 0.05) is 0 Å². The van der Waals surface area contributed by atoms with Crippen molar-refractivity contribution in [3.05, 3.63) is 0 Å². The van der Waals surface area contributed by atoms with Crippen LogP contribution < -0.4 is 0 Å². The average molecular weight is 314 g/mol. The van der Waals surface area contributed by atoms with Gasteiger partial charge in [-0.05, 0) is 13.8 Å². The predicted molar refractivity (Wildman–Crippen MR) is 55.3 cm³/mol. The number of esters is 1. The van der Waals surface area contributed by atoms with Crippen LogP contribution in [0.3, 0.4) is 0 Å². The zero-order valence-corrected chi connectivity index (χ0v) is 10.1. The molecule has 0 spiro atoms. The van der Waals surface area contributed by atoms with Crippen LogP contribution in [0.5, 0.6) is 0 Å². The van der Waals surface area contributed by atoms with Crippen molar-refractivity contribution in [3.63, 3.8) is 0 Å². The van der Waals surface area contributed by atoms with E-state index in [0.29, 0.717) is 6.61 Å². The molecule has 14 heavy (non-hydrogen) atoms. The molecule has 0 aromatic rings. The number of hydrogen-bond acceptors (Lipinski definition) is 5. The lowest BCUT2D eigenvalue weighted by molar-refractivity contribution is -0.147. The number of ether oxygens (including phenoxy) is 3. The Hall–Kier alpha value is -0.530. The van der Waals surface area contributed by atoms with E-state index in [0.717, 1.165) is 0 Å². The molecule has 0 aromatic carbocycles. The molecule has 0 aromatic heterocycles. The van der Waals surface area contributed by atoms with E-state index in [1.165, 1.54) is 0 Å². The van der Waals surface area contributed by atoms with E-state index in [1.807, 2.05) is 22.6 Å². The SMILES string of the molecule is CCOC(=O)C(C)(I)[C@H]1COC(=O)O1. The Morgan fingerprint density at radius 2 is 2.43 bits per heavy atom. The largest absolute Gasteiger partial charge is 0.508 e. The third-order valence-electron chi connectivity index (χ3n) is 1.87. The minimum Gasteiger partial charge on any atom is -0.465 e. The summed E-state index contributed by atoms with van der Waals surface area (Å²) in [5.41, 5.74) is 0. The number of alkyl halides is 1. The van der Waals surface area contributed by atoms with Crippen molar-refractivity contribution >= 4 is 34.7 Å². The fourth-order valence-corrected chi connectivity index (χ4v) is 1.46. The van der Waals surface area contributed by atoms with Crippen LogP contribution in [-0.2, 0) is 19.0 Å². The van der Waals surface area contributed by atoms with Gasteiger partial charge in [0.15, 0.2) is 9.53 Å². The number of halogens is 1. The summed E-state index contributed by atoms with van der Waals surface area (Å²) < 4.78 is 13.4. The standard InChI is InChI=1S/C8H11IO5/c1-3-12-6(10)8(2,9)5-4-13-7(11)14-5/h5H,3-4H2,1-2H3/t5-,8?/m1/s1. The Bertz CT molecular complexity index is 250. The van der Waals surface area contributed by atoms with Gasteiger partial charge in [0.25, 0.3) is 0 Å². The second-order valence-corrected chi connectivity index (χ2v) is 5.20. The molecule has 1 fully saturated rings. The lowest BCUT2D eigenvalue weighted by Crippen LogP contribution is -2.43. The Kier molecular flexibility index (Phi) is 3.57. The molecular weight excluding hydrogens is 303 g/mol. The molecule has 0 N–H and O–H groups in total. The summed E-state index contributed by atoms with van der Waals surface area (Å²) in [6.45, 7) is 3.77. The van der Waals surface area contributed by atoms with Crippen LogP contribution >= 0.6 is 22.6 Å². The quantitative estimate of drug-likeness (QED) is 0.446. The zero-order valence-electron chi connectivity index (χ0n) is 7.91. The van der Waals surface area contributed by atoms with Gasteiger partial charge < -0.3 is 14.2 Å². The van der Waals surface area contributed by atoms with Gasteiger partial charge in [-0.25, -0.2) is 4.79 Å². The molecule has 6 heteroatoms. The van der Waals surface area contributed by atoms with Gasteiger partial charge in [-0.3, -0.25) is 4.79 Å². The summed E-state index contributed by atoms with van der Waals surface area (Å²) in [5.74, 6) is -0.399. The van der Waals surface area contributed by atoms with Gasteiger partial charge in [0.05, 0.1) is 6.61 Å². The number of hydrogen-bond donors (Lipinski definition) is 0. The number of rotatable bonds is 3. The molecule has 0 saturated carbocycles. The minimum absolute atomic E-state index is 0.0943. The first-order valence-electron chi connectivity index (χ1n) is 4.18. The monoisotopic (exact) mass is 314 g/mol. The Morgan fingerprint density at radius 1 is 1.79 bits per heavy atom. The molecule has 1 unspecified atom stereocenters. The molecule has 0 bridgehead atoms. The average Bonchev–Trinajstić information content (AvgIpc) is 2.52. The fourth-order valence-electron chi connectivity index (χ4n) is 0.999. The first kappa shape index (κ1) is 11.5. The van der Waals surface area contributed by atoms with E-state index >= 15 is 0 Å². The highest BCUT2D eigenvalue weighted by molar-refractivity contribution is 14.1. The molecule has 1 aliphatic heterocycles. The van der Waals surface area contributed by atoms with Crippen LogP contribution in [0.25, 0.3) is 0 Å². The van der Waals surface area contributed by atoms with Crippen LogP contribution in [0.2, 0.25) is 0 Å². The normalized spacial score (nSPS) is 24.8. The number of carbonyl (C=O) groups excluding carboxylic acids is 2. The highest BCUT2D eigenvalue weighted by Gasteiger charge is 2.47. The van der Waals surface area contributed by atoms with Gasteiger partial charge >= 0.3 is 12.1 Å². The lowest BCUT2D eigenvalue weighted by atomic mass is 10.1. The predicted octanol–water partition coefficient (Wildman–Crippen LogP) is 1.28. The van der Waals surface area contributed by atoms with E-state index < -0.39 is 21.7 Å². The van der Waals surface area contributed by atoms with Crippen molar-refractivity contribution in [3.8, 4) is 0 Å². The summed E-state index contributed by atoms with van der Waals surface area (Å²) in [7, 11) is 0. The van der Waals surface area contributed by atoms with Gasteiger partial charge in [0.1, 0.15) is 6.61 Å². The molecule has 0 radical (unpaired) electrons. The highest BCUT2D eigenvalue weighted by atomic mass is 127. The molecular formula is C8H11IO5. The highest BCUT2D eigenvalue weighted by Crippen LogP contribution is 2.30. The van der Waals surface area contributed by atoms with Gasteiger partial charge in [0.2, 0.25) is 0 Å². The number of cyclic esters (lactones) is 2. The lowest BCUT2D eigenvalue weighted by Gasteiger charge is -2.23. The molecule has 1 aliphatic rings. The third-order valence-corrected chi connectivity index (χ3v) is 3.01. The second-order valence-electron chi connectivity index (χ2n) is 2.96. The maximum Gasteiger partial charge on any atom is 0.508 e. The van der Waals surface area contributed by atoms with Crippen LogP contribution in [0.1, 0.15) is 13.8 Å². The van der Waals surface area contributed by atoms with Crippen molar-refractivity contribution in [2.45, 2.75) is 23.4 Å². The van der Waals surface area contributed by atoms with Crippen LogP contribution in [-0.4, -0.2) is 34.9 Å². The summed E-state index contributed by atoms with van der Waals surface area (Å²) in [5, 5.41) is 0. The topological polar surface area (TPSA) is 61.8 Å². The maximum absolute atomic E-state index is 11.5. The molecule has 2 atom stereocenters. The molecule has 1 rings (SSSR count). The smallest absolute Gasteiger partial charge is 0.465 e. The first-order valence-corrected chi connectivity index (χ1v) is 5.26. The molecule has 0 amide bonds. The summed E-state index contributed by atoms with van der Waals surface area (Å²) in [6.07, 6.45) is -1.31. The van der Waals surface area contributed by atoms with Gasteiger partial charge in [-0.15, -0.1) is 0 Å². The Labute approximate surface area is 95.2 Å². The fraction of sp³-hybridized carbons (Fsp3) is 0.750. The second kappa shape index (κ2) is 4.33. The van der Waals surface area contributed by atoms with Crippen molar-refractivity contribution in [2.24, 2.45) is 0 Å². The molecule has 80 valence electrons. The van der Waals surface area contributed by atoms with Crippen molar-refractivity contribution in [1.29, 1.82) is 0 Å². The molecule has 1 saturated heterocycles. The molecule has 1 heterocycles. The van der Waals surface area contributed by atoms with Gasteiger partial charge in [-0.2, -0.15) is 0 Å². The Morgan fingerprint density at radius 3 is 2.86 bits per heavy atom. The summed E-state index contributed by atoms with van der Waals surface area (Å²) in [6, 6.07) is 0. The van der Waals surface area contributed by atoms with E-state index in [4.69, 9.17) is 9.47 Å². The minimum atomic E-state index is -0.889. The van der Waals surface area contributed by atoms with Crippen molar-refractivity contribution in [2.75, 3.05) is 13.2 Å². The third kappa shape index (κ3) is 2.28. The van der Waals surface area contributed by atoms with E-state index in [2.05, 4.69) is 4.74 Å².